The molecular formula is C15H14N2O3. The van der Waals surface area contributed by atoms with Crippen molar-refractivity contribution in [2.24, 2.45) is 0 Å². The molecule has 1 fully saturated rings. The van der Waals surface area contributed by atoms with E-state index in [-0.39, 0.29) is 17.9 Å². The van der Waals surface area contributed by atoms with Crippen molar-refractivity contribution >= 4 is 11.9 Å². The molecular weight excluding hydrogens is 256 g/mol. The Labute approximate surface area is 116 Å². The summed E-state index contributed by atoms with van der Waals surface area (Å²) in [6.45, 7) is 0.513. The van der Waals surface area contributed by atoms with E-state index in [2.05, 4.69) is 10.8 Å². The Morgan fingerprint density at radius 3 is 2.85 bits per heavy atom. The smallest absolute Gasteiger partial charge is 0.325 e. The van der Waals surface area contributed by atoms with Gasteiger partial charge in [-0.05, 0) is 36.6 Å². The van der Waals surface area contributed by atoms with Gasteiger partial charge in [0, 0.05) is 17.5 Å². The Bertz CT molecular complexity index is 641. The van der Waals surface area contributed by atoms with Crippen LogP contribution in [0, 0.1) is 11.3 Å². The van der Waals surface area contributed by atoms with Gasteiger partial charge >= 0.3 is 5.97 Å². The summed E-state index contributed by atoms with van der Waals surface area (Å²) in [7, 11) is 1.32. The molecule has 0 aromatic heterocycles. The predicted molar refractivity (Wildman–Crippen MR) is 70.0 cm³/mol. The lowest BCUT2D eigenvalue weighted by molar-refractivity contribution is -0.141. The number of fused-ring (bicyclic) bond motifs is 2. The van der Waals surface area contributed by atoms with Crippen molar-refractivity contribution in [3.8, 4) is 6.07 Å². The van der Waals surface area contributed by atoms with Crippen LogP contribution in [-0.2, 0) is 14.9 Å². The summed E-state index contributed by atoms with van der Waals surface area (Å²) in [6.07, 6.45) is 1.97. The van der Waals surface area contributed by atoms with Crippen LogP contribution >= 0.6 is 0 Å². The van der Waals surface area contributed by atoms with E-state index in [0.717, 1.165) is 18.4 Å². The molecule has 0 radical (unpaired) electrons. The summed E-state index contributed by atoms with van der Waals surface area (Å²) in [5.41, 5.74) is 2.08. The maximum atomic E-state index is 12.4. The number of benzene rings is 1. The predicted octanol–water partition coefficient (Wildman–Crippen LogP) is 1.22. The number of esters is 1. The minimum atomic E-state index is -0.411. The third-order valence-corrected chi connectivity index (χ3v) is 4.13. The molecule has 1 spiro atoms. The molecule has 1 amide bonds. The molecule has 0 saturated heterocycles. The Hall–Kier alpha value is -2.35. The molecule has 1 heterocycles. The van der Waals surface area contributed by atoms with E-state index in [0.29, 0.717) is 17.7 Å². The maximum Gasteiger partial charge on any atom is 0.325 e. The van der Waals surface area contributed by atoms with E-state index in [1.165, 1.54) is 7.11 Å². The molecule has 5 heteroatoms. The highest BCUT2D eigenvalue weighted by Crippen LogP contribution is 2.52. The zero-order valence-corrected chi connectivity index (χ0v) is 11.2. The number of carbonyl (C=O) groups excluding carboxylic acids is 2. The number of methoxy groups -OCH3 is 1. The van der Waals surface area contributed by atoms with Gasteiger partial charge in [0.05, 0.1) is 18.7 Å². The highest BCUT2D eigenvalue weighted by Gasteiger charge is 2.51. The molecule has 0 unspecified atom stereocenters. The molecule has 0 N–H and O–H groups in total. The van der Waals surface area contributed by atoms with Crippen LogP contribution in [0.25, 0.3) is 0 Å². The van der Waals surface area contributed by atoms with Crippen LogP contribution in [0.1, 0.15) is 34.3 Å². The first-order chi connectivity index (χ1) is 9.59. The molecule has 3 rings (SSSR count). The molecule has 1 saturated carbocycles. The fraction of sp³-hybridized carbons (Fsp3) is 0.400. The standard InChI is InChI=1S/C15H14N2O3/c1-20-13(18)8-17-9-15(4-5-15)12-6-10(7-16)2-3-11(12)14(17)19/h2-3,6H,4-5,8-9H2,1H3. The zero-order valence-electron chi connectivity index (χ0n) is 11.2. The Morgan fingerprint density at radius 2 is 2.25 bits per heavy atom. The summed E-state index contributed by atoms with van der Waals surface area (Å²) >= 11 is 0. The molecule has 102 valence electrons. The van der Waals surface area contributed by atoms with Crippen molar-refractivity contribution in [1.29, 1.82) is 5.26 Å². The van der Waals surface area contributed by atoms with Gasteiger partial charge in [0.15, 0.2) is 0 Å². The zero-order chi connectivity index (χ0) is 14.3. The van der Waals surface area contributed by atoms with Crippen molar-refractivity contribution in [1.82, 2.24) is 4.90 Å². The third-order valence-electron chi connectivity index (χ3n) is 4.13. The molecule has 1 aromatic rings. The lowest BCUT2D eigenvalue weighted by atomic mass is 9.85. The normalized spacial score (nSPS) is 18.4. The van der Waals surface area contributed by atoms with Gasteiger partial charge in [0.2, 0.25) is 0 Å². The number of nitrogens with zero attached hydrogens (tertiary/aromatic N) is 2. The third kappa shape index (κ3) is 1.85. The fourth-order valence-electron chi connectivity index (χ4n) is 2.86. The maximum absolute atomic E-state index is 12.4. The van der Waals surface area contributed by atoms with E-state index >= 15 is 0 Å². The lowest BCUT2D eigenvalue weighted by Gasteiger charge is -2.34. The summed E-state index contributed by atoms with van der Waals surface area (Å²) in [5.74, 6) is -0.571. The van der Waals surface area contributed by atoms with Gasteiger partial charge in [0.25, 0.3) is 5.91 Å². The Morgan fingerprint density at radius 1 is 1.50 bits per heavy atom. The van der Waals surface area contributed by atoms with Crippen LogP contribution in [0.3, 0.4) is 0 Å². The number of amides is 1. The second-order valence-corrected chi connectivity index (χ2v) is 5.39. The second-order valence-electron chi connectivity index (χ2n) is 5.39. The van der Waals surface area contributed by atoms with Gasteiger partial charge in [0.1, 0.15) is 6.54 Å². The molecule has 0 atom stereocenters. The van der Waals surface area contributed by atoms with Crippen molar-refractivity contribution in [3.63, 3.8) is 0 Å². The van der Waals surface area contributed by atoms with E-state index in [4.69, 9.17) is 5.26 Å². The quantitative estimate of drug-likeness (QED) is 0.758. The van der Waals surface area contributed by atoms with Crippen molar-refractivity contribution in [2.45, 2.75) is 18.3 Å². The topological polar surface area (TPSA) is 70.4 Å². The van der Waals surface area contributed by atoms with Crippen LogP contribution < -0.4 is 0 Å². The number of nitriles is 1. The molecule has 0 bridgehead atoms. The van der Waals surface area contributed by atoms with Crippen LogP contribution in [0.2, 0.25) is 0 Å². The minimum absolute atomic E-state index is 0.0173. The SMILES string of the molecule is COC(=O)CN1CC2(CC2)c2cc(C#N)ccc2C1=O. The second kappa shape index (κ2) is 4.34. The lowest BCUT2D eigenvalue weighted by Crippen LogP contribution is -2.46. The van der Waals surface area contributed by atoms with Crippen LogP contribution in [-0.4, -0.2) is 37.0 Å². The van der Waals surface area contributed by atoms with Gasteiger partial charge in [-0.15, -0.1) is 0 Å². The first kappa shape index (κ1) is 12.7. The van der Waals surface area contributed by atoms with Crippen LogP contribution in [0.4, 0.5) is 0 Å². The average molecular weight is 270 g/mol. The Kier molecular flexibility index (Phi) is 2.75. The monoisotopic (exact) mass is 270 g/mol. The summed E-state index contributed by atoms with van der Waals surface area (Å²) < 4.78 is 4.64. The molecule has 1 aromatic carbocycles. The van der Waals surface area contributed by atoms with Gasteiger partial charge < -0.3 is 9.64 Å². The summed E-state index contributed by atoms with van der Waals surface area (Å²) in [6, 6.07) is 7.27. The molecule has 20 heavy (non-hydrogen) atoms. The highest BCUT2D eigenvalue weighted by atomic mass is 16.5. The van der Waals surface area contributed by atoms with E-state index < -0.39 is 5.97 Å². The van der Waals surface area contributed by atoms with Crippen LogP contribution in [0.15, 0.2) is 18.2 Å². The van der Waals surface area contributed by atoms with Crippen molar-refractivity contribution < 1.29 is 14.3 Å². The largest absolute Gasteiger partial charge is 0.468 e. The Balaban J connectivity index is 1.99. The number of carbonyl (C=O) groups is 2. The van der Waals surface area contributed by atoms with Gasteiger partial charge in [-0.3, -0.25) is 9.59 Å². The molecule has 5 nitrogen and oxygen atoms in total. The first-order valence-electron chi connectivity index (χ1n) is 6.50. The van der Waals surface area contributed by atoms with Crippen molar-refractivity contribution in [2.75, 3.05) is 20.2 Å². The van der Waals surface area contributed by atoms with Gasteiger partial charge in [-0.2, -0.15) is 5.26 Å². The van der Waals surface area contributed by atoms with E-state index in [1.54, 1.807) is 17.0 Å². The molecule has 1 aliphatic heterocycles. The number of hydrogen-bond donors (Lipinski definition) is 0. The number of rotatable bonds is 2. The van der Waals surface area contributed by atoms with Gasteiger partial charge in [-0.25, -0.2) is 0 Å². The van der Waals surface area contributed by atoms with Crippen molar-refractivity contribution in [3.05, 3.63) is 34.9 Å². The van der Waals surface area contributed by atoms with Gasteiger partial charge in [-0.1, -0.05) is 0 Å². The minimum Gasteiger partial charge on any atom is -0.468 e. The number of ether oxygens (including phenoxy) is 1. The van der Waals surface area contributed by atoms with E-state index in [1.807, 2.05) is 6.07 Å². The summed E-state index contributed by atoms with van der Waals surface area (Å²) in [4.78, 5) is 25.4. The van der Waals surface area contributed by atoms with Crippen LogP contribution in [0.5, 0.6) is 0 Å². The molecule has 1 aliphatic carbocycles. The highest BCUT2D eigenvalue weighted by molar-refractivity contribution is 5.99. The van der Waals surface area contributed by atoms with E-state index in [9.17, 15) is 9.59 Å². The number of hydrogen-bond acceptors (Lipinski definition) is 4. The fourth-order valence-corrected chi connectivity index (χ4v) is 2.86. The average Bonchev–Trinajstić information content (AvgIpc) is 3.24. The first-order valence-corrected chi connectivity index (χ1v) is 6.50. The summed E-state index contributed by atoms with van der Waals surface area (Å²) in [5, 5.41) is 8.99. The molecule has 2 aliphatic rings.